The van der Waals surface area contributed by atoms with Gasteiger partial charge in [0.15, 0.2) is 31.2 Å². The van der Waals surface area contributed by atoms with Crippen molar-refractivity contribution in [1.29, 1.82) is 0 Å². The van der Waals surface area contributed by atoms with E-state index in [0.717, 1.165) is 18.2 Å². The predicted octanol–water partition coefficient (Wildman–Crippen LogP) is 1.25. The summed E-state index contributed by atoms with van der Waals surface area (Å²) >= 11 is 0. The second-order valence-electron chi connectivity index (χ2n) is 10.5. The molecule has 0 aliphatic carbocycles. The van der Waals surface area contributed by atoms with E-state index in [1.807, 2.05) is 0 Å². The van der Waals surface area contributed by atoms with Gasteiger partial charge in [0.05, 0.1) is 34.3 Å². The Morgan fingerprint density at radius 1 is 0.625 bits per heavy atom. The average molecular weight is 916 g/mol. The van der Waals surface area contributed by atoms with Crippen molar-refractivity contribution in [2.75, 3.05) is 29.6 Å². The minimum Gasteiger partial charge on any atom is -0.505 e. The lowest BCUT2D eigenvalue weighted by Gasteiger charge is -2.12. The normalized spacial score (nSPS) is 13.1. The standard InChI is InChI=1S/C18H18N4O13S4.C6H5F2NO6S2/c19-12-3-2-10-11(16(12)20)8-15(38(29,30)31)17(18(10)23)22-21-13-4-1-9(7-14(13)37(26,27)28)36(24,25)6-5-35-39(32,33)34;7-2-1-3(9)6(17(13,14)15)4(8)5(2)16(10,11)12/h1-4,7-8,23H,5-6,19-20H2,(H,26,27,28)(H,29,30,31)(H,32,33,34);1H,9H2,(H,10,11,12)(H,13,14,15). The van der Waals surface area contributed by atoms with Gasteiger partial charge >= 0.3 is 10.4 Å². The summed E-state index contributed by atoms with van der Waals surface area (Å²) in [6.07, 6.45) is 0. The summed E-state index contributed by atoms with van der Waals surface area (Å²) in [5.41, 5.74) is 13.7. The fraction of sp³-hybridized carbons (Fsp3) is 0.0833. The first-order valence-electron chi connectivity index (χ1n) is 13.6. The van der Waals surface area contributed by atoms with Crippen LogP contribution >= 0.6 is 0 Å². The highest BCUT2D eigenvalue weighted by atomic mass is 32.3. The van der Waals surface area contributed by atoms with Crippen LogP contribution in [0.3, 0.4) is 0 Å². The van der Waals surface area contributed by atoms with Gasteiger partial charge in [-0.2, -0.15) is 42.1 Å². The van der Waals surface area contributed by atoms with Crippen LogP contribution in [0.25, 0.3) is 10.8 Å². The van der Waals surface area contributed by atoms with Crippen molar-refractivity contribution >= 4 is 99.9 Å². The van der Waals surface area contributed by atoms with Gasteiger partial charge in [0.1, 0.15) is 27.0 Å². The summed E-state index contributed by atoms with van der Waals surface area (Å²) in [5, 5.41) is 17.5. The highest BCUT2D eigenvalue weighted by Crippen LogP contribution is 2.44. The predicted molar refractivity (Wildman–Crippen MR) is 185 cm³/mol. The summed E-state index contributed by atoms with van der Waals surface area (Å²) in [4.78, 5) is -6.40. The first-order chi connectivity index (χ1) is 25.2. The molecule has 4 aromatic rings. The first kappa shape index (κ1) is 45.6. The third kappa shape index (κ3) is 10.6. The molecule has 0 heterocycles. The number of phenols is 1. The maximum atomic E-state index is 13.4. The maximum absolute atomic E-state index is 13.4. The van der Waals surface area contributed by atoms with E-state index in [9.17, 15) is 73.5 Å². The zero-order valence-electron chi connectivity index (χ0n) is 26.8. The minimum atomic E-state index is -5.34. The number of hydrogen-bond donors (Lipinski definition) is 9. The Kier molecular flexibility index (Phi) is 12.8. The van der Waals surface area contributed by atoms with Crippen LogP contribution in [-0.2, 0) is 64.9 Å². The van der Waals surface area contributed by atoms with E-state index < -0.39 is 132 Å². The number of hydrogen-bond acceptors (Lipinski definition) is 19. The highest BCUT2D eigenvalue weighted by molar-refractivity contribution is 7.91. The third-order valence-electron chi connectivity index (χ3n) is 6.67. The van der Waals surface area contributed by atoms with Crippen molar-refractivity contribution < 1.29 is 91.3 Å². The van der Waals surface area contributed by atoms with E-state index in [0.29, 0.717) is 6.07 Å². The van der Waals surface area contributed by atoms with Crippen molar-refractivity contribution in [3.63, 3.8) is 0 Å². The Morgan fingerprint density at radius 2 is 1.18 bits per heavy atom. The molecule has 0 unspecified atom stereocenters. The summed E-state index contributed by atoms with van der Waals surface area (Å²) in [6, 6.07) is 5.49. The lowest BCUT2D eigenvalue weighted by atomic mass is 10.1. The van der Waals surface area contributed by atoms with E-state index in [2.05, 4.69) is 14.4 Å². The zero-order chi connectivity index (χ0) is 43.1. The lowest BCUT2D eigenvalue weighted by Crippen LogP contribution is -2.16. The SMILES string of the molecule is Nc1cc(F)c(S(=O)(=O)O)c(F)c1S(=O)(=O)O.Nc1ccc2c(O)c(N=Nc3ccc(S(=O)(=O)CCOS(=O)(=O)O)cc3S(=O)(=O)O)c(S(=O)(=O)O)cc2c1N. The molecule has 4 aromatic carbocycles. The monoisotopic (exact) mass is 915 g/mol. The van der Waals surface area contributed by atoms with Crippen molar-refractivity contribution in [1.82, 2.24) is 0 Å². The fourth-order valence-corrected chi connectivity index (χ4v) is 8.57. The van der Waals surface area contributed by atoms with Gasteiger partial charge in [-0.1, -0.05) is 0 Å². The van der Waals surface area contributed by atoms with Crippen molar-refractivity contribution in [3.05, 3.63) is 54.1 Å². The number of azo groups is 1. The molecular weight excluding hydrogens is 893 g/mol. The maximum Gasteiger partial charge on any atom is 0.397 e. The van der Waals surface area contributed by atoms with Crippen LogP contribution in [0.1, 0.15) is 0 Å². The molecule has 0 aromatic heterocycles. The zero-order valence-corrected chi connectivity index (χ0v) is 31.7. The van der Waals surface area contributed by atoms with Crippen LogP contribution in [0.2, 0.25) is 0 Å². The Balaban J connectivity index is 0.000000413. The van der Waals surface area contributed by atoms with Crippen molar-refractivity contribution in [2.24, 2.45) is 10.2 Å². The summed E-state index contributed by atoms with van der Waals surface area (Å²) in [7, 11) is -30.2. The number of nitrogen functional groups attached to an aromatic ring is 3. The van der Waals surface area contributed by atoms with Crippen LogP contribution in [-0.4, -0.2) is 90.7 Å². The number of fused-ring (bicyclic) bond motifs is 1. The Bertz CT molecular complexity index is 2940. The number of sulfone groups is 1. The summed E-state index contributed by atoms with van der Waals surface area (Å²) < 4.78 is 212. The van der Waals surface area contributed by atoms with E-state index in [4.69, 9.17) is 30.9 Å². The lowest BCUT2D eigenvalue weighted by molar-refractivity contribution is 0.284. The van der Waals surface area contributed by atoms with Gasteiger partial charge in [0.2, 0.25) is 0 Å². The molecular formula is C24H23F2N5O19S6. The molecule has 24 nitrogen and oxygen atoms in total. The van der Waals surface area contributed by atoms with Gasteiger partial charge in [0, 0.05) is 10.8 Å². The van der Waals surface area contributed by atoms with Gasteiger partial charge in [-0.3, -0.25) is 22.8 Å². The topological polar surface area (TPSA) is 438 Å². The number of aromatic hydroxyl groups is 1. The number of anilines is 3. The second-order valence-corrected chi connectivity index (χ2v) is 19.2. The van der Waals surface area contributed by atoms with E-state index in [-0.39, 0.29) is 28.2 Å². The van der Waals surface area contributed by atoms with Crippen LogP contribution in [0.4, 0.5) is 37.2 Å². The van der Waals surface area contributed by atoms with Crippen LogP contribution in [0, 0.1) is 11.6 Å². The molecule has 0 amide bonds. The highest BCUT2D eigenvalue weighted by Gasteiger charge is 2.32. The average Bonchev–Trinajstić information content (AvgIpc) is 2.99. The number of halogens is 2. The Labute approximate surface area is 314 Å². The fourth-order valence-electron chi connectivity index (χ4n) is 4.30. The second kappa shape index (κ2) is 15.7. The number of rotatable bonds is 11. The molecule has 0 radical (unpaired) electrons. The van der Waals surface area contributed by atoms with Gasteiger partial charge in [-0.25, -0.2) is 21.4 Å². The Morgan fingerprint density at radius 3 is 1.68 bits per heavy atom. The third-order valence-corrected chi connectivity index (χ3v) is 12.4. The van der Waals surface area contributed by atoms with E-state index >= 15 is 0 Å². The largest absolute Gasteiger partial charge is 0.505 e. The van der Waals surface area contributed by atoms with Crippen molar-refractivity contribution in [2.45, 2.75) is 24.5 Å². The molecule has 308 valence electrons. The molecule has 12 N–H and O–H groups in total. The van der Waals surface area contributed by atoms with Gasteiger partial charge < -0.3 is 22.3 Å². The minimum absolute atomic E-state index is 0.0231. The number of nitrogens with two attached hydrogens (primary N) is 3. The van der Waals surface area contributed by atoms with Gasteiger partial charge in [-0.05, 0) is 42.5 Å². The van der Waals surface area contributed by atoms with Gasteiger partial charge in [0.25, 0.3) is 40.5 Å². The quantitative estimate of drug-likeness (QED) is 0.0580. The van der Waals surface area contributed by atoms with Crippen LogP contribution < -0.4 is 17.2 Å². The number of phenolic OH excluding ortho intramolecular Hbond substituents is 1. The molecule has 0 saturated carbocycles. The molecule has 0 aliphatic heterocycles. The van der Waals surface area contributed by atoms with Crippen molar-refractivity contribution in [3.8, 4) is 5.75 Å². The molecule has 0 spiro atoms. The molecule has 0 saturated heterocycles. The summed E-state index contributed by atoms with van der Waals surface area (Å²) in [6.45, 7) is -1.03. The van der Waals surface area contributed by atoms with Gasteiger partial charge in [-0.15, -0.1) is 10.2 Å². The van der Waals surface area contributed by atoms with Crippen LogP contribution in [0.5, 0.6) is 5.75 Å². The van der Waals surface area contributed by atoms with E-state index in [1.165, 1.54) is 12.1 Å². The number of nitrogens with zero attached hydrogens (tertiary/aromatic N) is 2. The smallest absolute Gasteiger partial charge is 0.397 e. The molecule has 4 rings (SSSR count). The van der Waals surface area contributed by atoms with E-state index in [1.54, 1.807) is 0 Å². The molecule has 56 heavy (non-hydrogen) atoms. The Hall–Kier alpha value is -4.74. The number of benzene rings is 4. The molecule has 0 fully saturated rings. The molecule has 0 atom stereocenters. The molecule has 32 heteroatoms. The first-order valence-corrected chi connectivity index (χ1v) is 22.4. The van der Waals surface area contributed by atoms with Crippen LogP contribution in [0.15, 0.2) is 77.2 Å². The summed E-state index contributed by atoms with van der Waals surface area (Å²) in [5.74, 6) is -5.86. The molecule has 0 aliphatic rings. The molecule has 0 bridgehead atoms.